The number of carbonyl (C=O) groups is 1. The molecule has 6 heteroatoms. The lowest BCUT2D eigenvalue weighted by atomic mass is 9.97. The van der Waals surface area contributed by atoms with Crippen LogP contribution >= 0.6 is 0 Å². The summed E-state index contributed by atoms with van der Waals surface area (Å²) in [6.45, 7) is 2.86. The summed E-state index contributed by atoms with van der Waals surface area (Å²) in [6.07, 6.45) is 11.6. The molecule has 0 N–H and O–H groups in total. The highest BCUT2D eigenvalue weighted by molar-refractivity contribution is 5.77. The number of amides is 1. The van der Waals surface area contributed by atoms with Gasteiger partial charge in [-0.05, 0) is 50.3 Å². The Morgan fingerprint density at radius 2 is 2.23 bits per heavy atom. The molecule has 1 aliphatic rings. The number of aryl methyl sites for hydroxylation is 2. The lowest BCUT2D eigenvalue weighted by Gasteiger charge is -2.35. The molecule has 0 spiro atoms. The van der Waals surface area contributed by atoms with Crippen LogP contribution < -0.4 is 0 Å². The molecular formula is C20H23N5O. The van der Waals surface area contributed by atoms with E-state index in [0.717, 1.165) is 49.2 Å². The molecular weight excluding hydrogens is 326 g/mol. The number of piperidine rings is 1. The number of carbonyl (C=O) groups excluding carboxylic acids is 1. The molecule has 3 aromatic rings. The number of pyridine rings is 1. The SMILES string of the molecule is Cc1cc([C@@H]2CCCCN2C(=O)CCc2cccnc2)nc2nccn12. The topological polar surface area (TPSA) is 63.4 Å². The number of rotatable bonds is 4. The molecule has 1 amide bonds. The third kappa shape index (κ3) is 3.31. The summed E-state index contributed by atoms with van der Waals surface area (Å²) in [6, 6.07) is 6.07. The van der Waals surface area contributed by atoms with Crippen molar-refractivity contribution in [3.05, 3.63) is 59.9 Å². The number of hydrogen-bond donors (Lipinski definition) is 0. The molecule has 6 nitrogen and oxygen atoms in total. The molecule has 26 heavy (non-hydrogen) atoms. The van der Waals surface area contributed by atoms with Crippen molar-refractivity contribution in [2.24, 2.45) is 0 Å². The minimum Gasteiger partial charge on any atom is -0.334 e. The molecule has 1 fully saturated rings. The maximum absolute atomic E-state index is 12.9. The summed E-state index contributed by atoms with van der Waals surface area (Å²) < 4.78 is 1.97. The van der Waals surface area contributed by atoms with Crippen molar-refractivity contribution in [1.29, 1.82) is 0 Å². The maximum atomic E-state index is 12.9. The molecule has 0 saturated carbocycles. The molecule has 0 aromatic carbocycles. The van der Waals surface area contributed by atoms with Gasteiger partial charge in [-0.3, -0.25) is 14.2 Å². The van der Waals surface area contributed by atoms with E-state index in [9.17, 15) is 4.79 Å². The van der Waals surface area contributed by atoms with Crippen LogP contribution in [0.1, 0.15) is 48.7 Å². The number of nitrogens with zero attached hydrogens (tertiary/aromatic N) is 5. The molecule has 0 radical (unpaired) electrons. The van der Waals surface area contributed by atoms with Gasteiger partial charge in [0.15, 0.2) is 0 Å². The number of fused-ring (bicyclic) bond motifs is 1. The van der Waals surface area contributed by atoms with E-state index in [4.69, 9.17) is 4.98 Å². The van der Waals surface area contributed by atoms with Gasteiger partial charge >= 0.3 is 0 Å². The fourth-order valence-electron chi connectivity index (χ4n) is 3.73. The second kappa shape index (κ2) is 7.23. The van der Waals surface area contributed by atoms with Crippen LogP contribution in [-0.4, -0.2) is 36.7 Å². The van der Waals surface area contributed by atoms with E-state index in [1.165, 1.54) is 0 Å². The van der Waals surface area contributed by atoms with Crippen LogP contribution in [0.2, 0.25) is 0 Å². The quantitative estimate of drug-likeness (QED) is 0.726. The van der Waals surface area contributed by atoms with Gasteiger partial charge in [-0.25, -0.2) is 9.97 Å². The van der Waals surface area contributed by atoms with Crippen LogP contribution in [0.3, 0.4) is 0 Å². The minimum atomic E-state index is 0.0468. The summed E-state index contributed by atoms with van der Waals surface area (Å²) in [4.78, 5) is 28.1. The van der Waals surface area contributed by atoms with E-state index in [0.29, 0.717) is 12.2 Å². The standard InChI is InChI=1S/C20H23N5O/c1-15-13-17(23-20-22-10-12-24(15)20)18-6-2-3-11-25(18)19(26)8-7-16-5-4-9-21-14-16/h4-5,9-10,12-14,18H,2-3,6-8,11H2,1H3/t18-/m0/s1. The molecule has 0 aliphatic carbocycles. The smallest absolute Gasteiger partial charge is 0.234 e. The van der Waals surface area contributed by atoms with Crippen LogP contribution in [0, 0.1) is 6.92 Å². The monoisotopic (exact) mass is 349 g/mol. The van der Waals surface area contributed by atoms with Gasteiger partial charge in [0.25, 0.3) is 0 Å². The van der Waals surface area contributed by atoms with E-state index < -0.39 is 0 Å². The van der Waals surface area contributed by atoms with E-state index in [2.05, 4.69) is 23.0 Å². The molecule has 4 rings (SSSR count). The van der Waals surface area contributed by atoms with Crippen LogP contribution in [0.15, 0.2) is 43.0 Å². The summed E-state index contributed by atoms with van der Waals surface area (Å²) in [5.41, 5.74) is 3.15. The molecule has 0 unspecified atom stereocenters. The molecule has 0 bridgehead atoms. The van der Waals surface area contributed by atoms with Crippen molar-refractivity contribution in [2.75, 3.05) is 6.54 Å². The summed E-state index contributed by atoms with van der Waals surface area (Å²) in [5, 5.41) is 0. The number of aromatic nitrogens is 4. The highest BCUT2D eigenvalue weighted by atomic mass is 16.2. The Morgan fingerprint density at radius 3 is 3.08 bits per heavy atom. The normalized spacial score (nSPS) is 17.6. The van der Waals surface area contributed by atoms with E-state index >= 15 is 0 Å². The lowest BCUT2D eigenvalue weighted by molar-refractivity contribution is -0.135. The van der Waals surface area contributed by atoms with Gasteiger partial charge in [0.1, 0.15) is 0 Å². The first-order chi connectivity index (χ1) is 12.7. The van der Waals surface area contributed by atoms with Crippen molar-refractivity contribution in [3.8, 4) is 0 Å². The zero-order valence-electron chi connectivity index (χ0n) is 15.0. The molecule has 3 aromatic heterocycles. The van der Waals surface area contributed by atoms with Gasteiger partial charge in [0.05, 0.1) is 11.7 Å². The van der Waals surface area contributed by atoms with Gasteiger partial charge in [-0.2, -0.15) is 0 Å². The van der Waals surface area contributed by atoms with Gasteiger partial charge < -0.3 is 4.90 Å². The zero-order chi connectivity index (χ0) is 17.9. The first-order valence-corrected chi connectivity index (χ1v) is 9.21. The van der Waals surface area contributed by atoms with Gasteiger partial charge in [-0.15, -0.1) is 0 Å². The lowest BCUT2D eigenvalue weighted by Crippen LogP contribution is -2.39. The molecule has 1 saturated heterocycles. The first-order valence-electron chi connectivity index (χ1n) is 9.21. The summed E-state index contributed by atoms with van der Waals surface area (Å²) >= 11 is 0. The van der Waals surface area contributed by atoms with Crippen molar-refractivity contribution in [2.45, 2.75) is 45.1 Å². The fraction of sp³-hybridized carbons (Fsp3) is 0.400. The largest absolute Gasteiger partial charge is 0.334 e. The maximum Gasteiger partial charge on any atom is 0.234 e. The highest BCUT2D eigenvalue weighted by Crippen LogP contribution is 2.31. The Bertz CT molecular complexity index is 905. The Morgan fingerprint density at radius 1 is 1.31 bits per heavy atom. The Balaban J connectivity index is 1.54. The third-order valence-corrected chi connectivity index (χ3v) is 5.10. The van der Waals surface area contributed by atoms with Crippen molar-refractivity contribution >= 4 is 11.7 Å². The third-order valence-electron chi connectivity index (χ3n) is 5.10. The van der Waals surface area contributed by atoms with Crippen molar-refractivity contribution in [3.63, 3.8) is 0 Å². The fourth-order valence-corrected chi connectivity index (χ4v) is 3.73. The van der Waals surface area contributed by atoms with Gasteiger partial charge in [0.2, 0.25) is 11.7 Å². The summed E-state index contributed by atoms with van der Waals surface area (Å²) in [7, 11) is 0. The van der Waals surface area contributed by atoms with Crippen LogP contribution in [0.25, 0.3) is 5.78 Å². The van der Waals surface area contributed by atoms with E-state index in [1.54, 1.807) is 12.4 Å². The Kier molecular flexibility index (Phi) is 4.65. The van der Waals surface area contributed by atoms with E-state index in [1.807, 2.05) is 33.8 Å². The highest BCUT2D eigenvalue weighted by Gasteiger charge is 2.29. The zero-order valence-corrected chi connectivity index (χ0v) is 15.0. The summed E-state index contributed by atoms with van der Waals surface area (Å²) in [5.74, 6) is 0.898. The number of hydrogen-bond acceptors (Lipinski definition) is 4. The van der Waals surface area contributed by atoms with E-state index in [-0.39, 0.29) is 11.9 Å². The minimum absolute atomic E-state index is 0.0468. The number of imidazole rings is 1. The number of likely N-dealkylation sites (tertiary alicyclic amines) is 1. The molecule has 1 atom stereocenters. The molecule has 4 heterocycles. The van der Waals surface area contributed by atoms with Crippen LogP contribution in [-0.2, 0) is 11.2 Å². The average molecular weight is 349 g/mol. The average Bonchev–Trinajstić information content (AvgIpc) is 3.16. The van der Waals surface area contributed by atoms with Crippen LogP contribution in [0.4, 0.5) is 0 Å². The van der Waals surface area contributed by atoms with Gasteiger partial charge in [-0.1, -0.05) is 6.07 Å². The van der Waals surface area contributed by atoms with Crippen molar-refractivity contribution < 1.29 is 4.79 Å². The second-order valence-corrected chi connectivity index (χ2v) is 6.88. The predicted molar refractivity (Wildman–Crippen MR) is 98.6 cm³/mol. The Labute approximate surface area is 152 Å². The van der Waals surface area contributed by atoms with Crippen molar-refractivity contribution in [1.82, 2.24) is 24.3 Å². The second-order valence-electron chi connectivity index (χ2n) is 6.88. The van der Waals surface area contributed by atoms with Gasteiger partial charge in [0, 0.05) is 43.4 Å². The molecule has 1 aliphatic heterocycles. The molecule has 134 valence electrons. The first kappa shape index (κ1) is 16.7. The Hall–Kier alpha value is -2.76. The predicted octanol–water partition coefficient (Wildman–Crippen LogP) is 3.12. The van der Waals surface area contributed by atoms with Crippen LogP contribution in [0.5, 0.6) is 0 Å².